The van der Waals surface area contributed by atoms with Crippen LogP contribution in [0.5, 0.6) is 46.0 Å². The van der Waals surface area contributed by atoms with Crippen molar-refractivity contribution in [3.8, 4) is 46.0 Å². The first-order valence-electron chi connectivity index (χ1n) is 9.69. The Kier molecular flexibility index (Phi) is 3.31. The topological polar surface area (TPSA) is 99.4 Å². The van der Waals surface area contributed by atoms with Crippen LogP contribution in [0.3, 0.4) is 0 Å². The van der Waals surface area contributed by atoms with Crippen LogP contribution in [0.25, 0.3) is 0 Å². The van der Waals surface area contributed by atoms with Crippen LogP contribution in [0, 0.1) is 0 Å². The molecule has 2 aliphatic rings. The number of rotatable bonds is 0. The van der Waals surface area contributed by atoms with E-state index >= 15 is 0 Å². The summed E-state index contributed by atoms with van der Waals surface area (Å²) in [4.78, 5) is 0. The highest BCUT2D eigenvalue weighted by Crippen LogP contribution is 2.66. The molecule has 0 aliphatic carbocycles. The molecule has 6 rings (SSSR count). The third-order valence-electron chi connectivity index (χ3n) is 6.01. The van der Waals surface area contributed by atoms with Gasteiger partial charge in [0.2, 0.25) is 0 Å². The highest BCUT2D eigenvalue weighted by Gasteiger charge is 2.54. The first-order chi connectivity index (χ1) is 15.0. The summed E-state index contributed by atoms with van der Waals surface area (Å²) < 4.78 is 12.2. The van der Waals surface area contributed by atoms with E-state index < -0.39 is 5.41 Å². The molecule has 152 valence electrons. The SMILES string of the molecule is Oc1ccc2c(c1O)C1(c3ccccc3O2)c2ccccc2Oc2ccc(O)c(O)c21. The summed E-state index contributed by atoms with van der Waals surface area (Å²) in [5.74, 6) is 0.266. The van der Waals surface area contributed by atoms with E-state index in [1.165, 1.54) is 12.1 Å². The van der Waals surface area contributed by atoms with Gasteiger partial charge in [-0.05, 0) is 36.4 Å². The molecular formula is C25H16O6. The Morgan fingerprint density at radius 2 is 0.903 bits per heavy atom. The van der Waals surface area contributed by atoms with Gasteiger partial charge in [0, 0.05) is 11.1 Å². The van der Waals surface area contributed by atoms with Crippen molar-refractivity contribution >= 4 is 0 Å². The molecule has 4 aromatic rings. The lowest BCUT2D eigenvalue weighted by molar-refractivity contribution is 0.347. The van der Waals surface area contributed by atoms with Crippen LogP contribution in [-0.4, -0.2) is 20.4 Å². The summed E-state index contributed by atoms with van der Waals surface area (Å²) >= 11 is 0. The Hall–Kier alpha value is -4.32. The number of para-hydroxylation sites is 2. The number of aromatic hydroxyl groups is 4. The maximum absolute atomic E-state index is 11.1. The molecule has 6 nitrogen and oxygen atoms in total. The zero-order chi connectivity index (χ0) is 21.3. The number of ether oxygens (including phenoxy) is 2. The van der Waals surface area contributed by atoms with Gasteiger partial charge in [-0.1, -0.05) is 36.4 Å². The van der Waals surface area contributed by atoms with Crippen molar-refractivity contribution in [2.75, 3.05) is 0 Å². The van der Waals surface area contributed by atoms with Crippen molar-refractivity contribution in [1.82, 2.24) is 0 Å². The number of fused-ring (bicyclic) bond motifs is 8. The van der Waals surface area contributed by atoms with Gasteiger partial charge in [-0.2, -0.15) is 0 Å². The lowest BCUT2D eigenvalue weighted by atomic mass is 9.61. The summed E-state index contributed by atoms with van der Waals surface area (Å²) in [5, 5.41) is 43.0. The van der Waals surface area contributed by atoms with Gasteiger partial charge in [0.05, 0.1) is 16.5 Å². The lowest BCUT2D eigenvalue weighted by Gasteiger charge is -2.45. The number of benzene rings is 4. The Morgan fingerprint density at radius 1 is 0.484 bits per heavy atom. The molecule has 0 radical (unpaired) electrons. The Morgan fingerprint density at radius 3 is 1.35 bits per heavy atom. The number of phenolic OH excluding ortho intramolecular Hbond substituents is 4. The van der Waals surface area contributed by atoms with Crippen LogP contribution in [-0.2, 0) is 5.41 Å². The molecule has 1 spiro atoms. The fourth-order valence-electron chi connectivity index (χ4n) is 4.79. The number of hydrogen-bond donors (Lipinski definition) is 4. The van der Waals surface area contributed by atoms with Gasteiger partial charge in [0.15, 0.2) is 23.0 Å². The first-order valence-corrected chi connectivity index (χ1v) is 9.69. The van der Waals surface area contributed by atoms with Crippen LogP contribution in [0.2, 0.25) is 0 Å². The normalized spacial score (nSPS) is 14.5. The third-order valence-corrected chi connectivity index (χ3v) is 6.01. The van der Waals surface area contributed by atoms with Crippen LogP contribution in [0.1, 0.15) is 22.3 Å². The highest BCUT2D eigenvalue weighted by atomic mass is 16.5. The average molecular weight is 412 g/mol. The third kappa shape index (κ3) is 2.06. The molecule has 0 bridgehead atoms. The Balaban J connectivity index is 1.91. The van der Waals surface area contributed by atoms with Gasteiger partial charge in [-0.15, -0.1) is 0 Å². The van der Waals surface area contributed by atoms with Gasteiger partial charge >= 0.3 is 0 Å². The molecule has 0 amide bonds. The standard InChI is InChI=1S/C25H16O6/c26-15-9-11-19-21(23(15)28)25(13-5-1-3-7-17(13)30-19)14-6-2-4-8-18(14)31-20-12-10-16(27)24(29)22(20)25/h1-12,26-29H. The first kappa shape index (κ1) is 17.5. The van der Waals surface area contributed by atoms with Crippen molar-refractivity contribution < 1.29 is 29.9 Å². The second-order valence-electron chi connectivity index (χ2n) is 7.56. The quantitative estimate of drug-likeness (QED) is 0.259. The van der Waals surface area contributed by atoms with Crippen molar-refractivity contribution in [1.29, 1.82) is 0 Å². The van der Waals surface area contributed by atoms with Gasteiger partial charge in [-0.3, -0.25) is 0 Å². The molecule has 0 atom stereocenters. The van der Waals surface area contributed by atoms with E-state index in [9.17, 15) is 20.4 Å². The molecule has 31 heavy (non-hydrogen) atoms. The molecular weight excluding hydrogens is 396 g/mol. The summed E-state index contributed by atoms with van der Waals surface area (Å²) in [7, 11) is 0. The van der Waals surface area contributed by atoms with Crippen LogP contribution < -0.4 is 9.47 Å². The van der Waals surface area contributed by atoms with E-state index in [4.69, 9.17) is 9.47 Å². The fourth-order valence-corrected chi connectivity index (χ4v) is 4.79. The van der Waals surface area contributed by atoms with Crippen molar-refractivity contribution in [3.05, 3.63) is 95.1 Å². The van der Waals surface area contributed by atoms with E-state index in [0.29, 0.717) is 34.1 Å². The minimum Gasteiger partial charge on any atom is -0.504 e. The largest absolute Gasteiger partial charge is 0.504 e. The molecule has 2 aliphatic heterocycles. The lowest BCUT2D eigenvalue weighted by Crippen LogP contribution is -2.37. The minimum atomic E-state index is -1.32. The highest BCUT2D eigenvalue weighted by molar-refractivity contribution is 5.80. The molecule has 0 saturated carbocycles. The van der Waals surface area contributed by atoms with Crippen molar-refractivity contribution in [2.24, 2.45) is 0 Å². The monoisotopic (exact) mass is 412 g/mol. The maximum Gasteiger partial charge on any atom is 0.166 e. The molecule has 0 aromatic heterocycles. The van der Waals surface area contributed by atoms with E-state index in [-0.39, 0.29) is 34.1 Å². The molecule has 0 unspecified atom stereocenters. The van der Waals surface area contributed by atoms with E-state index in [1.54, 1.807) is 24.3 Å². The molecule has 4 aromatic carbocycles. The Bertz CT molecular complexity index is 1280. The van der Waals surface area contributed by atoms with Crippen LogP contribution in [0.15, 0.2) is 72.8 Å². The number of phenols is 4. The summed E-state index contributed by atoms with van der Waals surface area (Å²) in [5.41, 5.74) is 0.441. The summed E-state index contributed by atoms with van der Waals surface area (Å²) in [6.45, 7) is 0. The average Bonchev–Trinajstić information content (AvgIpc) is 2.79. The molecule has 0 fully saturated rings. The van der Waals surface area contributed by atoms with Gasteiger partial charge in [0.1, 0.15) is 23.0 Å². The number of hydrogen-bond acceptors (Lipinski definition) is 6. The van der Waals surface area contributed by atoms with Gasteiger partial charge < -0.3 is 29.9 Å². The molecule has 0 saturated heterocycles. The van der Waals surface area contributed by atoms with Crippen molar-refractivity contribution in [2.45, 2.75) is 5.41 Å². The van der Waals surface area contributed by atoms with E-state index in [0.717, 1.165) is 0 Å². The second kappa shape index (κ2) is 5.86. The van der Waals surface area contributed by atoms with Crippen molar-refractivity contribution in [3.63, 3.8) is 0 Å². The summed E-state index contributed by atoms with van der Waals surface area (Å²) in [6, 6.07) is 20.4. The maximum atomic E-state index is 11.1. The predicted octanol–water partition coefficient (Wildman–Crippen LogP) is 5.10. The smallest absolute Gasteiger partial charge is 0.166 e. The Labute approximate surface area is 176 Å². The predicted molar refractivity (Wildman–Crippen MR) is 112 cm³/mol. The van der Waals surface area contributed by atoms with Gasteiger partial charge in [-0.25, -0.2) is 0 Å². The fraction of sp³-hybridized carbons (Fsp3) is 0.0400. The molecule has 6 heteroatoms. The van der Waals surface area contributed by atoms with E-state index in [2.05, 4.69) is 0 Å². The molecule has 2 heterocycles. The zero-order valence-electron chi connectivity index (χ0n) is 16.0. The van der Waals surface area contributed by atoms with Gasteiger partial charge in [0.25, 0.3) is 0 Å². The van der Waals surface area contributed by atoms with E-state index in [1.807, 2.05) is 36.4 Å². The minimum absolute atomic E-state index is 0.254. The zero-order valence-corrected chi connectivity index (χ0v) is 16.0. The second-order valence-corrected chi connectivity index (χ2v) is 7.56. The van der Waals surface area contributed by atoms with Crippen LogP contribution in [0.4, 0.5) is 0 Å². The summed E-state index contributed by atoms with van der Waals surface area (Å²) in [6.07, 6.45) is 0. The molecule has 4 N–H and O–H groups in total. The van der Waals surface area contributed by atoms with Crippen LogP contribution >= 0.6 is 0 Å².